The Morgan fingerprint density at radius 3 is 2.21 bits per heavy atom. The number of ether oxygens (including phenoxy) is 1. The minimum Gasteiger partial charge on any atom is -0.497 e. The summed E-state index contributed by atoms with van der Waals surface area (Å²) < 4.78 is 26.9. The Hall–Kier alpha value is -0.840. The van der Waals surface area contributed by atoms with E-state index in [0.29, 0.717) is 11.3 Å². The molecule has 24 heavy (non-hydrogen) atoms. The van der Waals surface area contributed by atoms with Gasteiger partial charge in [0.05, 0.1) is 32.6 Å². The highest BCUT2D eigenvalue weighted by atomic mass is 35.5. The molecule has 1 aromatic carbocycles. The number of aliphatic imine (C=N–C) groups is 1. The molecule has 0 amide bonds. The second kappa shape index (κ2) is 9.59. The Morgan fingerprint density at radius 2 is 1.79 bits per heavy atom. The molecule has 134 valence electrons. The first kappa shape index (κ1) is 21.2. The lowest BCUT2D eigenvalue weighted by molar-refractivity contribution is 0.219. The predicted molar refractivity (Wildman–Crippen MR) is 99.9 cm³/mol. The summed E-state index contributed by atoms with van der Waals surface area (Å²) in [5.41, 5.74) is 0.779. The monoisotopic (exact) mass is 393 g/mol. The van der Waals surface area contributed by atoms with Gasteiger partial charge in [0.1, 0.15) is 5.75 Å². The highest BCUT2D eigenvalue weighted by Gasteiger charge is 2.53. The lowest BCUT2D eigenvalue weighted by Gasteiger charge is -2.30. The lowest BCUT2D eigenvalue weighted by atomic mass is 10.1. The Morgan fingerprint density at radius 1 is 1.25 bits per heavy atom. The number of rotatable bonds is 10. The highest BCUT2D eigenvalue weighted by molar-refractivity contribution is 7.61. The fourth-order valence-corrected chi connectivity index (χ4v) is 4.39. The highest BCUT2D eigenvalue weighted by Crippen LogP contribution is 2.65. The molecule has 0 unspecified atom stereocenters. The van der Waals surface area contributed by atoms with E-state index in [-0.39, 0.29) is 25.5 Å². The van der Waals surface area contributed by atoms with Crippen molar-refractivity contribution in [1.29, 1.82) is 0 Å². The van der Waals surface area contributed by atoms with E-state index in [1.165, 1.54) is 0 Å². The molecule has 0 saturated carbocycles. The van der Waals surface area contributed by atoms with Crippen molar-refractivity contribution in [2.75, 3.05) is 26.9 Å². The van der Waals surface area contributed by atoms with Gasteiger partial charge in [0, 0.05) is 0 Å². The van der Waals surface area contributed by atoms with Crippen molar-refractivity contribution >= 4 is 36.5 Å². The van der Waals surface area contributed by atoms with E-state index < -0.39 is 11.7 Å². The number of methoxy groups -OCH3 is 1. The maximum atomic E-state index is 13.1. The molecule has 0 heterocycles. The number of hydrogen-bond acceptors (Lipinski definition) is 5. The van der Waals surface area contributed by atoms with Crippen LogP contribution in [-0.4, -0.2) is 36.7 Å². The van der Waals surface area contributed by atoms with Crippen molar-refractivity contribution in [3.63, 3.8) is 0 Å². The SMILES string of the molecule is C=CCN=C(c1ccc(OC)cc1)C(Cl)(Cl)P(=O)(OCC)OCC. The minimum absolute atomic E-state index is 0.135. The van der Waals surface area contributed by atoms with Crippen molar-refractivity contribution in [3.05, 3.63) is 42.5 Å². The summed E-state index contributed by atoms with van der Waals surface area (Å²) in [5.74, 6) is 0.661. The average molecular weight is 394 g/mol. The quantitative estimate of drug-likeness (QED) is 0.241. The molecule has 0 radical (unpaired) electrons. The van der Waals surface area contributed by atoms with Crippen LogP contribution in [0.1, 0.15) is 19.4 Å². The largest absolute Gasteiger partial charge is 0.497 e. The molecule has 0 spiro atoms. The fraction of sp³-hybridized carbons (Fsp3) is 0.438. The van der Waals surface area contributed by atoms with Gasteiger partial charge in [-0.25, -0.2) is 0 Å². The molecule has 8 heteroatoms. The Balaban J connectivity index is 3.40. The maximum absolute atomic E-state index is 13.1. The summed E-state index contributed by atoms with van der Waals surface area (Å²) in [6.45, 7) is 7.51. The number of nitrogens with zero attached hydrogens (tertiary/aromatic N) is 1. The molecule has 0 atom stereocenters. The normalized spacial score (nSPS) is 13.0. The number of halogens is 2. The van der Waals surface area contributed by atoms with Crippen molar-refractivity contribution in [2.45, 2.75) is 17.9 Å². The molecular weight excluding hydrogens is 372 g/mol. The summed E-state index contributed by atoms with van der Waals surface area (Å²) >= 11 is 12.9. The molecule has 0 bridgehead atoms. The topological polar surface area (TPSA) is 57.1 Å². The first-order valence-electron chi connectivity index (χ1n) is 7.43. The maximum Gasteiger partial charge on any atom is 0.372 e. The van der Waals surface area contributed by atoms with Crippen molar-refractivity contribution < 1.29 is 18.3 Å². The molecule has 1 aromatic rings. The van der Waals surface area contributed by atoms with E-state index >= 15 is 0 Å². The smallest absolute Gasteiger partial charge is 0.372 e. The van der Waals surface area contributed by atoms with Crippen molar-refractivity contribution in [1.82, 2.24) is 0 Å². The summed E-state index contributed by atoms with van der Waals surface area (Å²) in [7, 11) is -2.31. The zero-order valence-electron chi connectivity index (χ0n) is 14.0. The summed E-state index contributed by atoms with van der Waals surface area (Å²) in [5, 5.41) is 0. The Kier molecular flexibility index (Phi) is 8.48. The average Bonchev–Trinajstić information content (AvgIpc) is 2.56. The molecule has 5 nitrogen and oxygen atoms in total. The zero-order valence-corrected chi connectivity index (χ0v) is 16.4. The number of alkyl halides is 2. The fourth-order valence-electron chi connectivity index (χ4n) is 1.93. The van der Waals surface area contributed by atoms with Gasteiger partial charge >= 0.3 is 7.60 Å². The first-order chi connectivity index (χ1) is 11.4. The van der Waals surface area contributed by atoms with Gasteiger partial charge in [-0.15, -0.1) is 6.58 Å². The van der Waals surface area contributed by atoms with Crippen LogP contribution in [0.25, 0.3) is 0 Å². The van der Waals surface area contributed by atoms with Crippen LogP contribution in [-0.2, 0) is 13.6 Å². The van der Waals surface area contributed by atoms with Crippen LogP contribution >= 0.6 is 30.8 Å². The van der Waals surface area contributed by atoms with Gasteiger partial charge < -0.3 is 13.8 Å². The van der Waals surface area contributed by atoms with E-state index in [4.69, 9.17) is 37.0 Å². The third-order valence-corrected chi connectivity index (χ3v) is 6.67. The molecule has 0 saturated heterocycles. The molecule has 0 aromatic heterocycles. The van der Waals surface area contributed by atoms with Crippen molar-refractivity contribution in [2.24, 2.45) is 4.99 Å². The number of benzene rings is 1. The van der Waals surface area contributed by atoms with Gasteiger partial charge in [0.2, 0.25) is 0 Å². The van der Waals surface area contributed by atoms with Crippen LogP contribution in [0.3, 0.4) is 0 Å². The van der Waals surface area contributed by atoms with E-state index in [9.17, 15) is 4.57 Å². The third-order valence-electron chi connectivity index (χ3n) is 2.97. The van der Waals surface area contributed by atoms with Crippen molar-refractivity contribution in [3.8, 4) is 5.75 Å². The van der Waals surface area contributed by atoms with Gasteiger partial charge in [-0.1, -0.05) is 29.3 Å². The third kappa shape index (κ3) is 4.84. The van der Waals surface area contributed by atoms with E-state index in [2.05, 4.69) is 11.6 Å². The standard InChI is InChI=1S/C16H22Cl2NO4P/c1-5-12-19-15(13-8-10-14(21-4)11-9-13)16(17,18)24(20,22-6-2)23-7-3/h5,8-11H,1,6-7,12H2,2-4H3. The second-order valence-corrected chi connectivity index (χ2v) is 8.62. The molecule has 1 rings (SSSR count). The van der Waals surface area contributed by atoms with Crippen LogP contribution in [0.2, 0.25) is 0 Å². The predicted octanol–water partition coefficient (Wildman–Crippen LogP) is 5.07. The summed E-state index contributed by atoms with van der Waals surface area (Å²) in [6.07, 6.45) is 1.58. The second-order valence-electron chi connectivity index (χ2n) is 4.58. The number of hydrogen-bond donors (Lipinski definition) is 0. The summed E-state index contributed by atoms with van der Waals surface area (Å²) in [4.78, 5) is 4.33. The van der Waals surface area contributed by atoms with Crippen LogP contribution in [0.4, 0.5) is 0 Å². The lowest BCUT2D eigenvalue weighted by Crippen LogP contribution is -2.30. The van der Waals surface area contributed by atoms with Crippen LogP contribution < -0.4 is 4.74 Å². The molecular formula is C16H22Cl2NO4P. The van der Waals surface area contributed by atoms with Gasteiger partial charge in [0.15, 0.2) is 0 Å². The van der Waals surface area contributed by atoms with E-state index in [1.54, 1.807) is 51.3 Å². The zero-order chi connectivity index (χ0) is 18.2. The minimum atomic E-state index is -3.87. The molecule has 0 aliphatic heterocycles. The van der Waals surface area contributed by atoms with Crippen LogP contribution in [0, 0.1) is 0 Å². The molecule has 0 fully saturated rings. The van der Waals surface area contributed by atoms with Gasteiger partial charge in [-0.2, -0.15) is 0 Å². The van der Waals surface area contributed by atoms with Gasteiger partial charge in [-0.3, -0.25) is 9.56 Å². The van der Waals surface area contributed by atoms with E-state index in [0.717, 1.165) is 0 Å². The Labute approximate surface area is 153 Å². The van der Waals surface area contributed by atoms with Gasteiger partial charge in [-0.05, 0) is 43.7 Å². The molecule has 0 N–H and O–H groups in total. The van der Waals surface area contributed by atoms with E-state index in [1.807, 2.05) is 0 Å². The first-order valence-corrected chi connectivity index (χ1v) is 9.73. The van der Waals surface area contributed by atoms with Crippen LogP contribution in [0.15, 0.2) is 41.9 Å². The summed E-state index contributed by atoms with van der Waals surface area (Å²) in [6, 6.07) is 6.91. The van der Waals surface area contributed by atoms with Gasteiger partial charge in [0.25, 0.3) is 4.07 Å². The van der Waals surface area contributed by atoms with Crippen LogP contribution in [0.5, 0.6) is 5.75 Å². The molecule has 0 aliphatic carbocycles. The molecule has 0 aliphatic rings. The Bertz CT molecular complexity index is 607.